The van der Waals surface area contributed by atoms with E-state index in [9.17, 15) is 18.0 Å². The van der Waals surface area contributed by atoms with E-state index in [0.717, 1.165) is 25.9 Å². The minimum atomic E-state index is -4.13. The minimum Gasteiger partial charge on any atom is -0.356 e. The van der Waals surface area contributed by atoms with Crippen LogP contribution in [-0.2, 0) is 4.79 Å². The van der Waals surface area contributed by atoms with Crippen LogP contribution in [0.2, 0.25) is 0 Å². The van der Waals surface area contributed by atoms with Gasteiger partial charge in [0.15, 0.2) is 0 Å². The van der Waals surface area contributed by atoms with Crippen LogP contribution in [0.1, 0.15) is 32.1 Å². The normalized spacial score (nSPS) is 18.1. The molecule has 0 bridgehead atoms. The van der Waals surface area contributed by atoms with Gasteiger partial charge in [-0.1, -0.05) is 0 Å². The Kier molecular flexibility index (Phi) is 5.74. The van der Waals surface area contributed by atoms with Crippen LogP contribution in [0.15, 0.2) is 0 Å². The molecule has 0 atom stereocenters. The molecule has 0 aromatic carbocycles. The van der Waals surface area contributed by atoms with Gasteiger partial charge >= 0.3 is 6.18 Å². The summed E-state index contributed by atoms with van der Waals surface area (Å²) in [6.45, 7) is 1.96. The first-order valence-corrected chi connectivity index (χ1v) is 6.01. The zero-order valence-electron chi connectivity index (χ0n) is 9.78. The van der Waals surface area contributed by atoms with Gasteiger partial charge in [0.2, 0.25) is 5.91 Å². The van der Waals surface area contributed by atoms with Crippen molar-refractivity contribution in [2.75, 3.05) is 19.6 Å². The predicted octanol–water partition coefficient (Wildman–Crippen LogP) is 1.83. The van der Waals surface area contributed by atoms with Crippen LogP contribution in [-0.4, -0.2) is 31.7 Å². The summed E-state index contributed by atoms with van der Waals surface area (Å²) in [5.41, 5.74) is 0. The lowest BCUT2D eigenvalue weighted by Crippen LogP contribution is -2.32. The summed E-state index contributed by atoms with van der Waals surface area (Å²) in [5, 5.41) is 5.74. The van der Waals surface area contributed by atoms with Gasteiger partial charge in [-0.3, -0.25) is 4.79 Å². The molecule has 6 heteroatoms. The van der Waals surface area contributed by atoms with Gasteiger partial charge in [-0.2, -0.15) is 13.2 Å². The van der Waals surface area contributed by atoms with Crippen molar-refractivity contribution in [1.82, 2.24) is 10.6 Å². The zero-order chi connectivity index (χ0) is 12.7. The molecule has 1 heterocycles. The first-order valence-electron chi connectivity index (χ1n) is 6.01. The fourth-order valence-corrected chi connectivity index (χ4v) is 1.94. The summed E-state index contributed by atoms with van der Waals surface area (Å²) in [4.78, 5) is 11.4. The van der Waals surface area contributed by atoms with Crippen LogP contribution in [0.4, 0.5) is 13.2 Å². The maximum Gasteiger partial charge on any atom is 0.389 e. The largest absolute Gasteiger partial charge is 0.389 e. The summed E-state index contributed by atoms with van der Waals surface area (Å²) in [5.74, 6) is 0.248. The van der Waals surface area contributed by atoms with Crippen LogP contribution < -0.4 is 10.6 Å². The molecule has 0 aliphatic carbocycles. The highest BCUT2D eigenvalue weighted by Crippen LogP contribution is 2.20. The minimum absolute atomic E-state index is 0.0402. The maximum atomic E-state index is 11.8. The summed E-state index contributed by atoms with van der Waals surface area (Å²) in [6.07, 6.45) is -2.62. The van der Waals surface area contributed by atoms with E-state index in [1.54, 1.807) is 0 Å². The van der Waals surface area contributed by atoms with Crippen LogP contribution in [0.5, 0.6) is 0 Å². The van der Waals surface area contributed by atoms with Crippen molar-refractivity contribution in [2.24, 2.45) is 5.92 Å². The lowest BCUT2D eigenvalue weighted by molar-refractivity contribution is -0.136. The number of rotatable bonds is 5. The molecular formula is C11H19F3N2O. The molecule has 17 heavy (non-hydrogen) atoms. The number of hydrogen-bond acceptors (Lipinski definition) is 2. The second-order valence-electron chi connectivity index (χ2n) is 4.47. The summed E-state index contributed by atoms with van der Waals surface area (Å²) in [7, 11) is 0. The Hall–Kier alpha value is -0.780. The van der Waals surface area contributed by atoms with Gasteiger partial charge in [0.1, 0.15) is 0 Å². The van der Waals surface area contributed by atoms with E-state index in [4.69, 9.17) is 0 Å². The number of alkyl halides is 3. The average molecular weight is 252 g/mol. The topological polar surface area (TPSA) is 41.1 Å². The van der Waals surface area contributed by atoms with Crippen molar-refractivity contribution in [2.45, 2.75) is 38.3 Å². The highest BCUT2D eigenvalue weighted by Gasteiger charge is 2.26. The number of amides is 1. The van der Waals surface area contributed by atoms with E-state index in [1.807, 2.05) is 0 Å². The Bertz CT molecular complexity index is 237. The molecule has 0 unspecified atom stereocenters. The number of carbonyl (C=O) groups is 1. The van der Waals surface area contributed by atoms with E-state index < -0.39 is 12.6 Å². The molecule has 0 radical (unpaired) electrons. The quantitative estimate of drug-likeness (QED) is 0.733. The van der Waals surface area contributed by atoms with E-state index in [2.05, 4.69) is 10.6 Å². The van der Waals surface area contributed by atoms with Gasteiger partial charge in [0.25, 0.3) is 0 Å². The van der Waals surface area contributed by atoms with Crippen molar-refractivity contribution in [3.05, 3.63) is 0 Å². The summed E-state index contributed by atoms with van der Waals surface area (Å²) >= 11 is 0. The molecule has 1 aliphatic heterocycles. The van der Waals surface area contributed by atoms with Crippen LogP contribution in [0.25, 0.3) is 0 Å². The molecule has 100 valence electrons. The Labute approximate surface area is 99.1 Å². The smallest absolute Gasteiger partial charge is 0.356 e. The second-order valence-corrected chi connectivity index (χ2v) is 4.47. The third-order valence-electron chi connectivity index (χ3n) is 2.89. The van der Waals surface area contributed by atoms with Crippen molar-refractivity contribution >= 4 is 5.91 Å². The van der Waals surface area contributed by atoms with Crippen molar-refractivity contribution in [1.29, 1.82) is 0 Å². The number of halogens is 3. The first kappa shape index (κ1) is 14.3. The Morgan fingerprint density at radius 3 is 2.53 bits per heavy atom. The van der Waals surface area contributed by atoms with Gasteiger partial charge in [-0.15, -0.1) is 0 Å². The Morgan fingerprint density at radius 2 is 1.94 bits per heavy atom. The fourth-order valence-electron chi connectivity index (χ4n) is 1.94. The third kappa shape index (κ3) is 7.20. The molecule has 1 amide bonds. The first-order chi connectivity index (χ1) is 7.97. The molecule has 1 rings (SSSR count). The van der Waals surface area contributed by atoms with Crippen molar-refractivity contribution in [3.63, 3.8) is 0 Å². The monoisotopic (exact) mass is 252 g/mol. The van der Waals surface area contributed by atoms with E-state index >= 15 is 0 Å². The molecule has 3 nitrogen and oxygen atoms in total. The standard InChI is InChI=1S/C11H19F3N2O/c12-11(13,14)4-1-5-16-10(17)8-9-2-6-15-7-3-9/h9,15H,1-8H2,(H,16,17). The molecule has 0 aromatic rings. The van der Waals surface area contributed by atoms with Crippen LogP contribution in [0.3, 0.4) is 0 Å². The number of nitrogens with one attached hydrogen (secondary N) is 2. The number of hydrogen-bond donors (Lipinski definition) is 2. The van der Waals surface area contributed by atoms with E-state index in [0.29, 0.717) is 12.3 Å². The van der Waals surface area contributed by atoms with Crippen LogP contribution in [0, 0.1) is 5.92 Å². The molecule has 1 aliphatic rings. The highest BCUT2D eigenvalue weighted by atomic mass is 19.4. The molecule has 0 saturated carbocycles. The van der Waals surface area contributed by atoms with Crippen molar-refractivity contribution < 1.29 is 18.0 Å². The fraction of sp³-hybridized carbons (Fsp3) is 0.909. The maximum absolute atomic E-state index is 11.8. The van der Waals surface area contributed by atoms with Gasteiger partial charge in [-0.25, -0.2) is 0 Å². The summed E-state index contributed by atoms with van der Waals surface area (Å²) < 4.78 is 35.5. The number of carbonyl (C=O) groups excluding carboxylic acids is 1. The summed E-state index contributed by atoms with van der Waals surface area (Å²) in [6, 6.07) is 0. The third-order valence-corrected chi connectivity index (χ3v) is 2.89. The van der Waals surface area contributed by atoms with Crippen LogP contribution >= 0.6 is 0 Å². The van der Waals surface area contributed by atoms with Gasteiger partial charge in [0, 0.05) is 19.4 Å². The zero-order valence-corrected chi connectivity index (χ0v) is 9.78. The molecule has 1 saturated heterocycles. The molecule has 0 aromatic heterocycles. The SMILES string of the molecule is O=C(CC1CCNCC1)NCCCC(F)(F)F. The molecule has 0 spiro atoms. The molecule has 1 fully saturated rings. The molecule has 2 N–H and O–H groups in total. The Morgan fingerprint density at radius 1 is 1.29 bits per heavy atom. The molecular weight excluding hydrogens is 233 g/mol. The van der Waals surface area contributed by atoms with Gasteiger partial charge in [0.05, 0.1) is 0 Å². The Balaban J connectivity index is 2.04. The van der Waals surface area contributed by atoms with E-state index in [-0.39, 0.29) is 18.9 Å². The van der Waals surface area contributed by atoms with E-state index in [1.165, 1.54) is 0 Å². The van der Waals surface area contributed by atoms with Gasteiger partial charge in [-0.05, 0) is 38.3 Å². The van der Waals surface area contributed by atoms with Gasteiger partial charge < -0.3 is 10.6 Å². The number of piperidine rings is 1. The lowest BCUT2D eigenvalue weighted by Gasteiger charge is -2.21. The second kappa shape index (κ2) is 6.83. The van der Waals surface area contributed by atoms with Crippen molar-refractivity contribution in [3.8, 4) is 0 Å². The lowest BCUT2D eigenvalue weighted by atomic mass is 9.94. The predicted molar refractivity (Wildman–Crippen MR) is 58.5 cm³/mol. The highest BCUT2D eigenvalue weighted by molar-refractivity contribution is 5.76. The average Bonchev–Trinajstić information content (AvgIpc) is 2.25.